The van der Waals surface area contributed by atoms with E-state index in [0.29, 0.717) is 11.9 Å². The van der Waals surface area contributed by atoms with E-state index in [4.69, 9.17) is 4.74 Å². The molecule has 0 aromatic carbocycles. The van der Waals surface area contributed by atoms with Crippen LogP contribution in [0.1, 0.15) is 65.2 Å². The van der Waals surface area contributed by atoms with Crippen LogP contribution in [0.25, 0.3) is 0 Å². The van der Waals surface area contributed by atoms with Gasteiger partial charge in [-0.15, -0.1) is 0 Å². The Morgan fingerprint density at radius 1 is 1.24 bits per heavy atom. The van der Waals surface area contributed by atoms with Crippen molar-refractivity contribution in [3.05, 3.63) is 0 Å². The Balaban J connectivity index is 0.00000122. The second-order valence-electron chi connectivity index (χ2n) is 5.83. The average Bonchev–Trinajstić information content (AvgIpc) is 2.47. The highest BCUT2D eigenvalue weighted by atomic mass is 19.1. The summed E-state index contributed by atoms with van der Waals surface area (Å²) in [5.74, 6) is 1.09. The number of unbranched alkanes of at least 4 members (excludes halogenated alkanes) is 1. The lowest BCUT2D eigenvalue weighted by molar-refractivity contribution is -0.117. The number of alkyl halides is 1. The van der Waals surface area contributed by atoms with Gasteiger partial charge in [0.15, 0.2) is 0 Å². The summed E-state index contributed by atoms with van der Waals surface area (Å²) in [6.45, 7) is 4.89. The van der Waals surface area contributed by atoms with Crippen LogP contribution in [0, 0.1) is 5.92 Å². The number of rotatable bonds is 9. The number of carbonyl (C=O) groups is 1. The van der Waals surface area contributed by atoms with Crippen LogP contribution in [0.4, 0.5) is 4.39 Å². The maximum atomic E-state index is 10.9. The second kappa shape index (κ2) is 14.5. The van der Waals surface area contributed by atoms with Gasteiger partial charge in [0.2, 0.25) is 0 Å². The monoisotopic (exact) mass is 303 g/mol. The molecule has 0 atom stereocenters. The summed E-state index contributed by atoms with van der Waals surface area (Å²) in [6.07, 6.45) is 9.56. The molecule has 1 N–H and O–H groups in total. The van der Waals surface area contributed by atoms with Gasteiger partial charge in [0.05, 0.1) is 12.8 Å². The summed E-state index contributed by atoms with van der Waals surface area (Å²) in [4.78, 5) is 10.9. The van der Waals surface area contributed by atoms with E-state index >= 15 is 0 Å². The molecule has 0 bridgehead atoms. The number of hydrogen-bond donors (Lipinski definition) is 1. The van der Waals surface area contributed by atoms with Gasteiger partial charge < -0.3 is 14.8 Å². The van der Waals surface area contributed by atoms with E-state index in [-0.39, 0.29) is 6.67 Å². The van der Waals surface area contributed by atoms with Crippen molar-refractivity contribution in [1.82, 2.24) is 5.32 Å². The van der Waals surface area contributed by atoms with E-state index in [0.717, 1.165) is 38.3 Å². The van der Waals surface area contributed by atoms with Crippen LogP contribution in [0.15, 0.2) is 0 Å². The molecule has 21 heavy (non-hydrogen) atoms. The fraction of sp³-hybridized carbons (Fsp3) is 0.941. The van der Waals surface area contributed by atoms with Gasteiger partial charge >= 0.3 is 0 Å². The molecule has 4 heteroatoms. The molecule has 0 aliphatic heterocycles. The molecule has 1 fully saturated rings. The number of carbonyl (C=O) groups excluding carboxylic acids is 1. The summed E-state index contributed by atoms with van der Waals surface area (Å²) >= 11 is 0. The van der Waals surface area contributed by atoms with Crippen LogP contribution in [0.2, 0.25) is 0 Å². The van der Waals surface area contributed by atoms with Crippen molar-refractivity contribution in [2.75, 3.05) is 26.9 Å². The molecule has 0 aromatic rings. The minimum atomic E-state index is -0.250. The Morgan fingerprint density at radius 2 is 1.86 bits per heavy atom. The lowest BCUT2D eigenvalue weighted by Gasteiger charge is -2.28. The van der Waals surface area contributed by atoms with Gasteiger partial charge in [-0.05, 0) is 78.3 Å². The summed E-state index contributed by atoms with van der Waals surface area (Å²) in [7, 11) is 1.99. The van der Waals surface area contributed by atoms with Gasteiger partial charge in [0, 0.05) is 13.0 Å². The van der Waals surface area contributed by atoms with Gasteiger partial charge in [-0.2, -0.15) is 0 Å². The zero-order chi connectivity index (χ0) is 15.9. The molecule has 1 saturated carbocycles. The highest BCUT2D eigenvalue weighted by Crippen LogP contribution is 2.29. The van der Waals surface area contributed by atoms with Gasteiger partial charge in [0.25, 0.3) is 0 Å². The maximum absolute atomic E-state index is 10.9. The van der Waals surface area contributed by atoms with Gasteiger partial charge in [0.1, 0.15) is 5.78 Å². The molecule has 126 valence electrons. The number of nitrogens with one attached hydrogen (secondary N) is 1. The zero-order valence-electron chi connectivity index (χ0n) is 14.1. The van der Waals surface area contributed by atoms with Gasteiger partial charge in [-0.25, -0.2) is 0 Å². The first kappa shape index (κ1) is 20.5. The predicted molar refractivity (Wildman–Crippen MR) is 86.4 cm³/mol. The number of halogens is 1. The van der Waals surface area contributed by atoms with E-state index < -0.39 is 0 Å². The summed E-state index contributed by atoms with van der Waals surface area (Å²) < 4.78 is 16.2. The van der Waals surface area contributed by atoms with Crippen molar-refractivity contribution in [2.45, 2.75) is 71.3 Å². The first-order chi connectivity index (χ1) is 10.1. The van der Waals surface area contributed by atoms with E-state index in [1.54, 1.807) is 6.92 Å². The molecule has 0 aromatic heterocycles. The van der Waals surface area contributed by atoms with Crippen molar-refractivity contribution >= 4 is 5.78 Å². The quantitative estimate of drug-likeness (QED) is 0.656. The fourth-order valence-electron chi connectivity index (χ4n) is 2.65. The number of hydrogen-bond acceptors (Lipinski definition) is 3. The topological polar surface area (TPSA) is 38.3 Å². The first-order valence-electron chi connectivity index (χ1n) is 8.45. The zero-order valence-corrected chi connectivity index (χ0v) is 14.1. The summed E-state index contributed by atoms with van der Waals surface area (Å²) in [5, 5.41) is 3.15. The Morgan fingerprint density at radius 3 is 2.38 bits per heavy atom. The van der Waals surface area contributed by atoms with E-state index in [1.165, 1.54) is 39.0 Å². The molecule has 0 heterocycles. The molecular weight excluding hydrogens is 269 g/mol. The molecule has 0 amide bonds. The summed E-state index contributed by atoms with van der Waals surface area (Å²) in [6, 6.07) is 0. The van der Waals surface area contributed by atoms with Crippen LogP contribution in [0.5, 0.6) is 0 Å². The predicted octanol–water partition coefficient (Wildman–Crippen LogP) is 3.91. The third kappa shape index (κ3) is 12.9. The highest BCUT2D eigenvalue weighted by molar-refractivity contribution is 5.75. The van der Waals surface area contributed by atoms with E-state index in [2.05, 4.69) is 5.32 Å². The molecule has 1 aliphatic carbocycles. The Labute approximate surface area is 130 Å². The van der Waals surface area contributed by atoms with Gasteiger partial charge in [-0.3, -0.25) is 4.39 Å². The number of Topliss-reactive ketones (excluding diaryl/α,β-unsaturated/α-hetero) is 1. The van der Waals surface area contributed by atoms with Gasteiger partial charge in [-0.1, -0.05) is 0 Å². The fourth-order valence-corrected chi connectivity index (χ4v) is 2.65. The molecule has 3 nitrogen and oxygen atoms in total. The van der Waals surface area contributed by atoms with E-state index in [9.17, 15) is 9.18 Å². The average molecular weight is 303 g/mol. The Hall–Kier alpha value is -0.480. The minimum absolute atomic E-state index is 0.250. The van der Waals surface area contributed by atoms with E-state index in [1.807, 2.05) is 7.05 Å². The molecular formula is C17H34FNO2. The number of ketones is 1. The lowest BCUT2D eigenvalue weighted by atomic mass is 9.84. The molecule has 0 unspecified atom stereocenters. The van der Waals surface area contributed by atoms with Crippen LogP contribution in [-0.2, 0) is 9.53 Å². The van der Waals surface area contributed by atoms with Crippen molar-refractivity contribution < 1.29 is 13.9 Å². The standard InChI is InChI=1S/C15H29NO2.C2H5F/c1-13(17)5-6-14-7-9-15(10-8-14)18-12-4-3-11-16-2;1-2-3/h14-16H,3-12H2,1-2H3;2H2,1H3. The minimum Gasteiger partial charge on any atom is -0.378 e. The smallest absolute Gasteiger partial charge is 0.129 e. The molecule has 0 spiro atoms. The van der Waals surface area contributed by atoms with Crippen molar-refractivity contribution in [3.63, 3.8) is 0 Å². The lowest BCUT2D eigenvalue weighted by Crippen LogP contribution is -2.22. The maximum Gasteiger partial charge on any atom is 0.129 e. The Kier molecular flexibility index (Phi) is 14.1. The van der Waals surface area contributed by atoms with Crippen LogP contribution in [-0.4, -0.2) is 38.8 Å². The molecule has 1 rings (SSSR count). The van der Waals surface area contributed by atoms with Crippen LogP contribution < -0.4 is 5.32 Å². The van der Waals surface area contributed by atoms with Crippen molar-refractivity contribution in [3.8, 4) is 0 Å². The van der Waals surface area contributed by atoms with Crippen LogP contribution in [0.3, 0.4) is 0 Å². The van der Waals surface area contributed by atoms with Crippen molar-refractivity contribution in [1.29, 1.82) is 0 Å². The second-order valence-corrected chi connectivity index (χ2v) is 5.83. The molecule has 1 aliphatic rings. The SMILES string of the molecule is CCF.CNCCCCOC1CCC(CCC(C)=O)CC1. The molecule has 0 radical (unpaired) electrons. The molecule has 0 saturated heterocycles. The third-order valence-electron chi connectivity index (χ3n) is 3.87. The van der Waals surface area contributed by atoms with Crippen molar-refractivity contribution in [2.24, 2.45) is 5.92 Å². The normalized spacial score (nSPS) is 21.5. The largest absolute Gasteiger partial charge is 0.378 e. The first-order valence-corrected chi connectivity index (χ1v) is 8.45. The van der Waals surface area contributed by atoms with Crippen LogP contribution >= 0.6 is 0 Å². The number of ether oxygens (including phenoxy) is 1. The summed E-state index contributed by atoms with van der Waals surface area (Å²) in [5.41, 5.74) is 0. The Bertz CT molecular complexity index is 241. The highest BCUT2D eigenvalue weighted by Gasteiger charge is 2.21. The third-order valence-corrected chi connectivity index (χ3v) is 3.87.